The SMILES string of the molecule is COc1cc(OC)cc(C(=O)N2CCN(C(=O)c3cc(C(=O)O)ccn3)CC2)c1. The van der Waals surface area contributed by atoms with Crippen LogP contribution >= 0.6 is 0 Å². The Labute approximate surface area is 167 Å². The number of methoxy groups -OCH3 is 2. The molecule has 1 N–H and O–H groups in total. The van der Waals surface area contributed by atoms with Crippen molar-refractivity contribution in [3.05, 3.63) is 53.3 Å². The minimum atomic E-state index is -1.12. The molecule has 1 saturated heterocycles. The molecule has 0 bridgehead atoms. The molecule has 1 aliphatic heterocycles. The maximum absolute atomic E-state index is 12.8. The van der Waals surface area contributed by atoms with Gasteiger partial charge in [-0.2, -0.15) is 0 Å². The third-order valence-electron chi connectivity index (χ3n) is 4.68. The van der Waals surface area contributed by atoms with Crippen molar-refractivity contribution in [2.24, 2.45) is 0 Å². The van der Waals surface area contributed by atoms with Crippen LogP contribution < -0.4 is 9.47 Å². The molecule has 2 aromatic rings. The van der Waals surface area contributed by atoms with Crippen molar-refractivity contribution in [3.63, 3.8) is 0 Å². The molecule has 0 aliphatic carbocycles. The molecule has 152 valence electrons. The Balaban J connectivity index is 1.67. The Morgan fingerprint density at radius 1 is 0.862 bits per heavy atom. The Bertz CT molecular complexity index is 915. The number of carbonyl (C=O) groups is 3. The summed E-state index contributed by atoms with van der Waals surface area (Å²) in [5.74, 6) is -0.620. The molecule has 2 heterocycles. The van der Waals surface area contributed by atoms with Crippen LogP contribution in [0.25, 0.3) is 0 Å². The molecule has 0 unspecified atom stereocenters. The predicted octanol–water partition coefficient (Wildman–Crippen LogP) is 1.40. The van der Waals surface area contributed by atoms with E-state index in [1.807, 2.05) is 0 Å². The molecule has 0 saturated carbocycles. The highest BCUT2D eigenvalue weighted by atomic mass is 16.5. The van der Waals surface area contributed by atoms with Gasteiger partial charge in [-0.1, -0.05) is 0 Å². The van der Waals surface area contributed by atoms with Gasteiger partial charge in [0.05, 0.1) is 19.8 Å². The number of aromatic carboxylic acids is 1. The van der Waals surface area contributed by atoms with E-state index in [4.69, 9.17) is 14.6 Å². The van der Waals surface area contributed by atoms with Crippen LogP contribution in [0.4, 0.5) is 0 Å². The van der Waals surface area contributed by atoms with Gasteiger partial charge in [0, 0.05) is 44.0 Å². The Kier molecular flexibility index (Phi) is 5.96. The standard InChI is InChI=1S/C20H21N3O6/c1-28-15-9-14(10-16(12-15)29-2)18(24)22-5-7-23(8-6-22)19(25)17-11-13(20(26)27)3-4-21-17/h3-4,9-12H,5-8H2,1-2H3,(H,26,27). The highest BCUT2D eigenvalue weighted by Gasteiger charge is 2.27. The van der Waals surface area contributed by atoms with Gasteiger partial charge in [0.1, 0.15) is 17.2 Å². The number of amides is 2. The third-order valence-corrected chi connectivity index (χ3v) is 4.68. The fourth-order valence-corrected chi connectivity index (χ4v) is 3.07. The normalized spacial score (nSPS) is 13.7. The van der Waals surface area contributed by atoms with Crippen molar-refractivity contribution in [2.45, 2.75) is 0 Å². The van der Waals surface area contributed by atoms with Crippen molar-refractivity contribution in [1.82, 2.24) is 14.8 Å². The summed E-state index contributed by atoms with van der Waals surface area (Å²) in [4.78, 5) is 43.7. The first-order chi connectivity index (χ1) is 13.9. The first kappa shape index (κ1) is 20.1. The van der Waals surface area contributed by atoms with Crippen molar-refractivity contribution in [1.29, 1.82) is 0 Å². The molecule has 9 nitrogen and oxygen atoms in total. The van der Waals surface area contributed by atoms with Crippen LogP contribution in [0, 0.1) is 0 Å². The van der Waals surface area contributed by atoms with Crippen LogP contribution in [0.3, 0.4) is 0 Å². The van der Waals surface area contributed by atoms with Gasteiger partial charge < -0.3 is 24.4 Å². The van der Waals surface area contributed by atoms with E-state index in [9.17, 15) is 14.4 Å². The maximum atomic E-state index is 12.8. The van der Waals surface area contributed by atoms with Gasteiger partial charge >= 0.3 is 5.97 Å². The van der Waals surface area contributed by atoms with Crippen LogP contribution in [-0.4, -0.2) is 78.1 Å². The second-order valence-corrected chi connectivity index (χ2v) is 6.42. The number of ether oxygens (including phenoxy) is 2. The first-order valence-corrected chi connectivity index (χ1v) is 8.94. The lowest BCUT2D eigenvalue weighted by Crippen LogP contribution is -2.50. The molecular formula is C20H21N3O6. The summed E-state index contributed by atoms with van der Waals surface area (Å²) < 4.78 is 10.4. The monoisotopic (exact) mass is 399 g/mol. The van der Waals surface area contributed by atoms with E-state index in [1.165, 1.54) is 32.5 Å². The van der Waals surface area contributed by atoms with Crippen molar-refractivity contribution in [3.8, 4) is 11.5 Å². The van der Waals surface area contributed by atoms with E-state index in [2.05, 4.69) is 4.98 Å². The Morgan fingerprint density at radius 2 is 1.41 bits per heavy atom. The second kappa shape index (κ2) is 8.59. The minimum absolute atomic E-state index is 0.00383. The van der Waals surface area contributed by atoms with E-state index < -0.39 is 5.97 Å². The molecule has 1 aromatic heterocycles. The second-order valence-electron chi connectivity index (χ2n) is 6.42. The lowest BCUT2D eigenvalue weighted by atomic mass is 10.1. The number of aromatic nitrogens is 1. The number of hydrogen-bond donors (Lipinski definition) is 1. The fraction of sp³-hybridized carbons (Fsp3) is 0.300. The van der Waals surface area contributed by atoms with E-state index >= 15 is 0 Å². The quantitative estimate of drug-likeness (QED) is 0.809. The van der Waals surface area contributed by atoms with Crippen molar-refractivity contribution >= 4 is 17.8 Å². The van der Waals surface area contributed by atoms with Gasteiger partial charge in [0.25, 0.3) is 11.8 Å². The third kappa shape index (κ3) is 4.45. The van der Waals surface area contributed by atoms with Gasteiger partial charge in [-0.05, 0) is 24.3 Å². The van der Waals surface area contributed by atoms with E-state index in [-0.39, 0.29) is 23.1 Å². The summed E-state index contributed by atoms with van der Waals surface area (Å²) in [7, 11) is 3.03. The zero-order chi connectivity index (χ0) is 21.0. The number of nitrogens with zero attached hydrogens (tertiary/aromatic N) is 3. The molecule has 0 spiro atoms. The Morgan fingerprint density at radius 3 is 1.93 bits per heavy atom. The number of carbonyl (C=O) groups excluding carboxylic acids is 2. The molecule has 0 radical (unpaired) electrons. The van der Waals surface area contributed by atoms with Crippen LogP contribution in [0.1, 0.15) is 31.2 Å². The zero-order valence-corrected chi connectivity index (χ0v) is 16.1. The van der Waals surface area contributed by atoms with Gasteiger partial charge in [0.2, 0.25) is 0 Å². The molecule has 3 rings (SSSR count). The number of carboxylic acid groups (broad SMARTS) is 1. The highest BCUT2D eigenvalue weighted by molar-refractivity contribution is 5.97. The number of carboxylic acids is 1. The molecule has 29 heavy (non-hydrogen) atoms. The number of rotatable bonds is 5. The molecule has 9 heteroatoms. The number of pyridine rings is 1. The summed E-state index contributed by atoms with van der Waals surface area (Å²) in [6.07, 6.45) is 1.30. The molecular weight excluding hydrogens is 378 g/mol. The van der Waals surface area contributed by atoms with Gasteiger partial charge in [-0.25, -0.2) is 4.79 Å². The summed E-state index contributed by atoms with van der Waals surface area (Å²) in [6, 6.07) is 7.56. The zero-order valence-electron chi connectivity index (χ0n) is 16.1. The van der Waals surface area contributed by atoms with E-state index in [0.717, 1.165) is 0 Å². The number of piperazine rings is 1. The topological polar surface area (TPSA) is 109 Å². The number of hydrogen-bond acceptors (Lipinski definition) is 6. The molecule has 1 aromatic carbocycles. The van der Waals surface area contributed by atoms with Gasteiger partial charge in [-0.15, -0.1) is 0 Å². The highest BCUT2D eigenvalue weighted by Crippen LogP contribution is 2.24. The Hall–Kier alpha value is -3.62. The summed E-state index contributed by atoms with van der Waals surface area (Å²) in [5.41, 5.74) is 0.517. The molecule has 2 amide bonds. The fourth-order valence-electron chi connectivity index (χ4n) is 3.07. The average molecular weight is 399 g/mol. The lowest BCUT2D eigenvalue weighted by Gasteiger charge is -2.34. The minimum Gasteiger partial charge on any atom is -0.497 e. The van der Waals surface area contributed by atoms with Crippen LogP contribution in [0.2, 0.25) is 0 Å². The number of benzene rings is 1. The van der Waals surface area contributed by atoms with Crippen LogP contribution in [0.5, 0.6) is 11.5 Å². The van der Waals surface area contributed by atoms with Crippen LogP contribution in [0.15, 0.2) is 36.5 Å². The summed E-state index contributed by atoms with van der Waals surface area (Å²) in [6.45, 7) is 1.35. The van der Waals surface area contributed by atoms with E-state index in [0.29, 0.717) is 43.2 Å². The summed E-state index contributed by atoms with van der Waals surface area (Å²) in [5, 5.41) is 9.07. The summed E-state index contributed by atoms with van der Waals surface area (Å²) >= 11 is 0. The maximum Gasteiger partial charge on any atom is 0.335 e. The van der Waals surface area contributed by atoms with Crippen LogP contribution in [-0.2, 0) is 0 Å². The largest absolute Gasteiger partial charge is 0.497 e. The molecule has 1 fully saturated rings. The van der Waals surface area contributed by atoms with Gasteiger partial charge in [0.15, 0.2) is 0 Å². The smallest absolute Gasteiger partial charge is 0.335 e. The van der Waals surface area contributed by atoms with E-state index in [1.54, 1.807) is 28.0 Å². The predicted molar refractivity (Wildman–Crippen MR) is 103 cm³/mol. The van der Waals surface area contributed by atoms with Crippen molar-refractivity contribution < 1.29 is 29.0 Å². The molecule has 1 aliphatic rings. The average Bonchev–Trinajstić information content (AvgIpc) is 2.77. The van der Waals surface area contributed by atoms with Gasteiger partial charge in [-0.3, -0.25) is 14.6 Å². The lowest BCUT2D eigenvalue weighted by molar-refractivity contribution is 0.0531. The van der Waals surface area contributed by atoms with Crippen molar-refractivity contribution in [2.75, 3.05) is 40.4 Å². The first-order valence-electron chi connectivity index (χ1n) is 8.94. The molecule has 0 atom stereocenters.